The zero-order chi connectivity index (χ0) is 21.7. The molecule has 0 unspecified atom stereocenters. The normalized spacial score (nSPS) is 15.2. The molecular formula is C21H19FINO5S. The van der Waals surface area contributed by atoms with E-state index < -0.39 is 0 Å². The topological polar surface area (TPSA) is 65.1 Å². The summed E-state index contributed by atoms with van der Waals surface area (Å²) in [6, 6.07) is 9.74. The fraction of sp³-hybridized carbons (Fsp3) is 0.238. The van der Waals surface area contributed by atoms with E-state index in [1.807, 2.05) is 6.07 Å². The van der Waals surface area contributed by atoms with Crippen molar-refractivity contribution in [3.05, 3.63) is 61.8 Å². The van der Waals surface area contributed by atoms with E-state index in [2.05, 4.69) is 22.6 Å². The lowest BCUT2D eigenvalue weighted by Gasteiger charge is -2.14. The van der Waals surface area contributed by atoms with E-state index in [0.29, 0.717) is 27.5 Å². The van der Waals surface area contributed by atoms with Crippen LogP contribution in [0.5, 0.6) is 11.5 Å². The SMILES string of the molecule is COCCN1C(=O)S/C(=C/c2cc(I)c(OCc3cccc(F)c3)c(OC)c2)C1=O. The molecule has 1 aliphatic rings. The lowest BCUT2D eigenvalue weighted by atomic mass is 10.1. The van der Waals surface area contributed by atoms with Gasteiger partial charge >= 0.3 is 0 Å². The van der Waals surface area contributed by atoms with Crippen molar-refractivity contribution in [2.24, 2.45) is 0 Å². The largest absolute Gasteiger partial charge is 0.493 e. The highest BCUT2D eigenvalue weighted by Crippen LogP contribution is 2.37. The Labute approximate surface area is 191 Å². The Balaban J connectivity index is 1.81. The summed E-state index contributed by atoms with van der Waals surface area (Å²) in [5, 5.41) is -0.319. The smallest absolute Gasteiger partial charge is 0.293 e. The minimum absolute atomic E-state index is 0.182. The first-order chi connectivity index (χ1) is 14.4. The lowest BCUT2D eigenvalue weighted by Crippen LogP contribution is -2.31. The number of methoxy groups -OCH3 is 2. The van der Waals surface area contributed by atoms with Gasteiger partial charge in [-0.25, -0.2) is 4.39 Å². The maximum atomic E-state index is 13.4. The van der Waals surface area contributed by atoms with E-state index in [1.54, 1.807) is 24.3 Å². The molecule has 2 aromatic carbocycles. The molecule has 0 bridgehead atoms. The highest BCUT2D eigenvalue weighted by atomic mass is 127. The number of amides is 2. The van der Waals surface area contributed by atoms with Crippen LogP contribution in [0.2, 0.25) is 0 Å². The first kappa shape index (κ1) is 22.6. The van der Waals surface area contributed by atoms with E-state index in [0.717, 1.165) is 15.3 Å². The average molecular weight is 543 g/mol. The van der Waals surface area contributed by atoms with Crippen LogP contribution in [-0.4, -0.2) is 43.4 Å². The second kappa shape index (κ2) is 10.3. The zero-order valence-electron chi connectivity index (χ0n) is 16.3. The van der Waals surface area contributed by atoms with Crippen molar-refractivity contribution in [2.75, 3.05) is 27.4 Å². The summed E-state index contributed by atoms with van der Waals surface area (Å²) in [5.41, 5.74) is 1.40. The standard InChI is InChI=1S/C21H19FINO5S/c1-27-7-6-24-20(25)18(30-21(24)26)11-14-9-16(23)19(17(10-14)28-2)29-12-13-4-3-5-15(22)8-13/h3-5,8-11H,6-7,12H2,1-2H3/b18-11+. The predicted molar refractivity (Wildman–Crippen MR) is 121 cm³/mol. The van der Waals surface area contributed by atoms with Crippen LogP contribution >= 0.6 is 34.4 Å². The number of thioether (sulfide) groups is 1. The maximum absolute atomic E-state index is 13.4. The number of halogens is 2. The molecule has 0 aromatic heterocycles. The monoisotopic (exact) mass is 543 g/mol. The van der Waals surface area contributed by atoms with Gasteiger partial charge in [0.15, 0.2) is 11.5 Å². The molecule has 0 N–H and O–H groups in total. The molecular weight excluding hydrogens is 524 g/mol. The van der Waals surface area contributed by atoms with Gasteiger partial charge in [-0.1, -0.05) is 12.1 Å². The third-order valence-electron chi connectivity index (χ3n) is 4.21. The van der Waals surface area contributed by atoms with E-state index >= 15 is 0 Å². The van der Waals surface area contributed by atoms with Gasteiger partial charge in [0.1, 0.15) is 12.4 Å². The fourth-order valence-corrected chi connectivity index (χ4v) is 4.42. The molecule has 1 aliphatic heterocycles. The van der Waals surface area contributed by atoms with Gasteiger partial charge in [0.05, 0.1) is 28.7 Å². The second-order valence-corrected chi connectivity index (χ2v) is 8.43. The molecule has 0 spiro atoms. The Morgan fingerprint density at radius 1 is 1.20 bits per heavy atom. The molecule has 3 rings (SSSR count). The lowest BCUT2D eigenvalue weighted by molar-refractivity contribution is -0.123. The first-order valence-corrected chi connectivity index (χ1v) is 10.8. The Morgan fingerprint density at radius 3 is 2.70 bits per heavy atom. The van der Waals surface area contributed by atoms with E-state index in [1.165, 1.54) is 31.3 Å². The molecule has 30 heavy (non-hydrogen) atoms. The van der Waals surface area contributed by atoms with Crippen LogP contribution in [0.1, 0.15) is 11.1 Å². The number of nitrogens with zero attached hydrogens (tertiary/aromatic N) is 1. The predicted octanol–water partition coefficient (Wildman–Crippen LogP) is 4.70. The number of carbonyl (C=O) groups is 2. The van der Waals surface area contributed by atoms with Crippen molar-refractivity contribution in [1.29, 1.82) is 0 Å². The molecule has 2 aromatic rings. The summed E-state index contributed by atoms with van der Waals surface area (Å²) >= 11 is 3.00. The number of carbonyl (C=O) groups excluding carboxylic acids is 2. The summed E-state index contributed by atoms with van der Waals surface area (Å²) in [4.78, 5) is 26.1. The van der Waals surface area contributed by atoms with Crippen LogP contribution in [0.25, 0.3) is 6.08 Å². The number of ether oxygens (including phenoxy) is 3. The molecule has 6 nitrogen and oxygen atoms in total. The summed E-state index contributed by atoms with van der Waals surface area (Å²) < 4.78 is 30.4. The molecule has 0 aliphatic carbocycles. The van der Waals surface area contributed by atoms with Gasteiger partial charge in [0.2, 0.25) is 0 Å². The third-order valence-corrected chi connectivity index (χ3v) is 5.92. The van der Waals surface area contributed by atoms with E-state index in [9.17, 15) is 14.0 Å². The van der Waals surface area contributed by atoms with Crippen molar-refractivity contribution >= 4 is 51.6 Å². The van der Waals surface area contributed by atoms with Crippen LogP contribution in [0.15, 0.2) is 41.3 Å². The molecule has 9 heteroatoms. The van der Waals surface area contributed by atoms with Crippen molar-refractivity contribution in [3.63, 3.8) is 0 Å². The molecule has 1 fully saturated rings. The number of rotatable bonds is 8. The van der Waals surface area contributed by atoms with Gasteiger partial charge in [0.25, 0.3) is 11.1 Å². The minimum atomic E-state index is -0.345. The van der Waals surface area contributed by atoms with Crippen LogP contribution in [-0.2, 0) is 16.1 Å². The van der Waals surface area contributed by atoms with Gasteiger partial charge in [-0.2, -0.15) is 0 Å². The summed E-state index contributed by atoms with van der Waals surface area (Å²) in [5.74, 6) is 0.325. The average Bonchev–Trinajstić information content (AvgIpc) is 2.98. The van der Waals surface area contributed by atoms with Crippen LogP contribution in [0.3, 0.4) is 0 Å². The maximum Gasteiger partial charge on any atom is 0.293 e. The van der Waals surface area contributed by atoms with E-state index in [4.69, 9.17) is 14.2 Å². The van der Waals surface area contributed by atoms with Crippen molar-refractivity contribution in [2.45, 2.75) is 6.61 Å². The molecule has 1 saturated heterocycles. The van der Waals surface area contributed by atoms with Crippen LogP contribution in [0, 0.1) is 9.39 Å². The number of imide groups is 1. The highest BCUT2D eigenvalue weighted by Gasteiger charge is 2.34. The number of hydrogen-bond acceptors (Lipinski definition) is 6. The molecule has 2 amide bonds. The van der Waals surface area contributed by atoms with Crippen molar-refractivity contribution in [3.8, 4) is 11.5 Å². The molecule has 0 atom stereocenters. The Hall–Kier alpha value is -2.11. The van der Waals surface area contributed by atoms with E-state index in [-0.39, 0.29) is 36.7 Å². The quantitative estimate of drug-likeness (QED) is 0.356. The Morgan fingerprint density at radius 2 is 2.00 bits per heavy atom. The van der Waals surface area contributed by atoms with Crippen molar-refractivity contribution in [1.82, 2.24) is 4.90 Å². The number of hydrogen-bond donors (Lipinski definition) is 0. The number of benzene rings is 2. The molecule has 0 radical (unpaired) electrons. The van der Waals surface area contributed by atoms with Gasteiger partial charge < -0.3 is 14.2 Å². The zero-order valence-corrected chi connectivity index (χ0v) is 19.3. The minimum Gasteiger partial charge on any atom is -0.493 e. The van der Waals surface area contributed by atoms with Crippen LogP contribution < -0.4 is 9.47 Å². The molecule has 158 valence electrons. The third kappa shape index (κ3) is 5.32. The highest BCUT2D eigenvalue weighted by molar-refractivity contribution is 14.1. The summed E-state index contributed by atoms with van der Waals surface area (Å²) in [6.07, 6.45) is 1.65. The molecule has 0 saturated carbocycles. The van der Waals surface area contributed by atoms with Crippen LogP contribution in [0.4, 0.5) is 9.18 Å². The Kier molecular flexibility index (Phi) is 7.73. The Bertz CT molecular complexity index is 997. The van der Waals surface area contributed by atoms with Gasteiger partial charge in [-0.3, -0.25) is 14.5 Å². The fourth-order valence-electron chi connectivity index (χ4n) is 2.77. The second-order valence-electron chi connectivity index (χ2n) is 6.28. The van der Waals surface area contributed by atoms with Gasteiger partial charge in [-0.15, -0.1) is 0 Å². The van der Waals surface area contributed by atoms with Gasteiger partial charge in [-0.05, 0) is 75.8 Å². The van der Waals surface area contributed by atoms with Crippen molar-refractivity contribution < 1.29 is 28.2 Å². The molecule has 1 heterocycles. The van der Waals surface area contributed by atoms with Gasteiger partial charge in [0, 0.05) is 7.11 Å². The summed E-state index contributed by atoms with van der Waals surface area (Å²) in [7, 11) is 3.03. The summed E-state index contributed by atoms with van der Waals surface area (Å²) in [6.45, 7) is 0.683. The first-order valence-electron chi connectivity index (χ1n) is 8.92.